The van der Waals surface area contributed by atoms with Crippen molar-refractivity contribution >= 4 is 5.97 Å². The van der Waals surface area contributed by atoms with E-state index in [4.69, 9.17) is 4.74 Å². The minimum absolute atomic E-state index is 0.116. The molecule has 0 atom stereocenters. The molecule has 0 saturated carbocycles. The highest BCUT2D eigenvalue weighted by Gasteiger charge is 2.37. The van der Waals surface area contributed by atoms with Gasteiger partial charge in [0.1, 0.15) is 5.54 Å². The van der Waals surface area contributed by atoms with Gasteiger partial charge in [0.2, 0.25) is 0 Å². The first-order valence-electron chi connectivity index (χ1n) is 5.59. The fraction of sp³-hybridized carbons (Fsp3) is 0.909. The van der Waals surface area contributed by atoms with Crippen LogP contribution in [-0.4, -0.2) is 61.1 Å². The highest BCUT2D eigenvalue weighted by molar-refractivity contribution is 5.79. The van der Waals surface area contributed by atoms with Crippen molar-refractivity contribution in [2.75, 3.05) is 39.8 Å². The Morgan fingerprint density at radius 1 is 1.27 bits per heavy atom. The van der Waals surface area contributed by atoms with Gasteiger partial charge in [-0.2, -0.15) is 0 Å². The molecule has 0 N–H and O–H groups in total. The molecule has 0 spiro atoms. The third kappa shape index (κ3) is 2.92. The highest BCUT2D eigenvalue weighted by atomic mass is 16.5. The van der Waals surface area contributed by atoms with Crippen LogP contribution in [0.25, 0.3) is 0 Å². The second kappa shape index (κ2) is 4.94. The molecule has 15 heavy (non-hydrogen) atoms. The van der Waals surface area contributed by atoms with Crippen LogP contribution in [0, 0.1) is 0 Å². The van der Waals surface area contributed by atoms with Crippen molar-refractivity contribution in [3.8, 4) is 0 Å². The Morgan fingerprint density at radius 3 is 2.27 bits per heavy atom. The Morgan fingerprint density at radius 2 is 1.80 bits per heavy atom. The van der Waals surface area contributed by atoms with Crippen LogP contribution in [-0.2, 0) is 9.53 Å². The highest BCUT2D eigenvalue weighted by Crippen LogP contribution is 2.18. The molecule has 0 amide bonds. The van der Waals surface area contributed by atoms with Crippen LogP contribution in [0.15, 0.2) is 0 Å². The third-order valence-corrected chi connectivity index (χ3v) is 3.07. The second-order valence-electron chi connectivity index (χ2n) is 4.57. The van der Waals surface area contributed by atoms with Gasteiger partial charge in [-0.3, -0.25) is 9.69 Å². The predicted molar refractivity (Wildman–Crippen MR) is 59.8 cm³/mol. The van der Waals surface area contributed by atoms with E-state index in [9.17, 15) is 4.79 Å². The molecule has 88 valence electrons. The zero-order chi connectivity index (χ0) is 11.5. The maximum absolute atomic E-state index is 11.8. The van der Waals surface area contributed by atoms with Gasteiger partial charge in [-0.1, -0.05) is 0 Å². The van der Waals surface area contributed by atoms with E-state index in [-0.39, 0.29) is 5.97 Å². The first kappa shape index (κ1) is 12.5. The fourth-order valence-electron chi connectivity index (χ4n) is 1.80. The van der Waals surface area contributed by atoms with Crippen LogP contribution < -0.4 is 0 Å². The Labute approximate surface area is 92.2 Å². The molecule has 0 unspecified atom stereocenters. The maximum Gasteiger partial charge on any atom is 0.325 e. The average molecular weight is 214 g/mol. The van der Waals surface area contributed by atoms with Gasteiger partial charge in [0.05, 0.1) is 6.61 Å². The van der Waals surface area contributed by atoms with Gasteiger partial charge < -0.3 is 9.64 Å². The first-order valence-corrected chi connectivity index (χ1v) is 5.59. The van der Waals surface area contributed by atoms with Crippen LogP contribution in [0.2, 0.25) is 0 Å². The van der Waals surface area contributed by atoms with Crippen LogP contribution in [0.1, 0.15) is 20.8 Å². The van der Waals surface area contributed by atoms with Crippen molar-refractivity contribution in [3.05, 3.63) is 0 Å². The predicted octanol–water partition coefficient (Wildman–Crippen LogP) is 0.575. The molecule has 0 bridgehead atoms. The molecule has 1 saturated heterocycles. The molecule has 0 aliphatic carbocycles. The summed E-state index contributed by atoms with van der Waals surface area (Å²) in [6.07, 6.45) is 0. The SMILES string of the molecule is CCOC(=O)C(C)(C)N1CCN(C)CC1. The average Bonchev–Trinajstić information content (AvgIpc) is 2.18. The van der Waals surface area contributed by atoms with Gasteiger partial charge in [-0.25, -0.2) is 0 Å². The molecule has 0 radical (unpaired) electrons. The summed E-state index contributed by atoms with van der Waals surface area (Å²) < 4.78 is 5.09. The van der Waals surface area contributed by atoms with Crippen molar-refractivity contribution < 1.29 is 9.53 Å². The topological polar surface area (TPSA) is 32.8 Å². The van der Waals surface area contributed by atoms with E-state index in [1.807, 2.05) is 20.8 Å². The maximum atomic E-state index is 11.8. The van der Waals surface area contributed by atoms with Crippen LogP contribution in [0.5, 0.6) is 0 Å². The molecule has 4 heteroatoms. The van der Waals surface area contributed by atoms with Gasteiger partial charge in [-0.15, -0.1) is 0 Å². The third-order valence-electron chi connectivity index (χ3n) is 3.07. The number of nitrogens with zero attached hydrogens (tertiary/aromatic N) is 2. The van der Waals surface area contributed by atoms with Gasteiger partial charge >= 0.3 is 5.97 Å². The summed E-state index contributed by atoms with van der Waals surface area (Å²) in [4.78, 5) is 16.2. The van der Waals surface area contributed by atoms with Gasteiger partial charge in [-0.05, 0) is 27.8 Å². The van der Waals surface area contributed by atoms with Crippen molar-refractivity contribution in [2.45, 2.75) is 26.3 Å². The Kier molecular flexibility index (Phi) is 4.11. The van der Waals surface area contributed by atoms with E-state index < -0.39 is 5.54 Å². The molecular formula is C11H22N2O2. The quantitative estimate of drug-likeness (QED) is 0.643. The summed E-state index contributed by atoms with van der Waals surface area (Å²) in [5.41, 5.74) is -0.489. The van der Waals surface area contributed by atoms with E-state index in [0.29, 0.717) is 6.61 Å². The van der Waals surface area contributed by atoms with E-state index in [1.165, 1.54) is 0 Å². The summed E-state index contributed by atoms with van der Waals surface area (Å²) in [6.45, 7) is 10.1. The number of carbonyl (C=O) groups excluding carboxylic acids is 1. The summed E-state index contributed by atoms with van der Waals surface area (Å²) in [6, 6.07) is 0. The Bertz CT molecular complexity index is 221. The number of ether oxygens (including phenoxy) is 1. The molecule has 1 aliphatic heterocycles. The molecule has 0 aromatic carbocycles. The van der Waals surface area contributed by atoms with Crippen molar-refractivity contribution in [2.24, 2.45) is 0 Å². The minimum atomic E-state index is -0.489. The number of rotatable bonds is 3. The summed E-state index contributed by atoms with van der Waals surface area (Å²) in [5, 5.41) is 0. The lowest BCUT2D eigenvalue weighted by Crippen LogP contribution is -2.57. The van der Waals surface area contributed by atoms with E-state index >= 15 is 0 Å². The van der Waals surface area contributed by atoms with Crippen LogP contribution in [0.3, 0.4) is 0 Å². The summed E-state index contributed by atoms with van der Waals surface area (Å²) in [5.74, 6) is -0.116. The number of likely N-dealkylation sites (N-methyl/N-ethyl adjacent to an activating group) is 1. The van der Waals surface area contributed by atoms with E-state index in [1.54, 1.807) is 0 Å². The molecular weight excluding hydrogens is 192 g/mol. The summed E-state index contributed by atoms with van der Waals surface area (Å²) in [7, 11) is 2.11. The lowest BCUT2D eigenvalue weighted by Gasteiger charge is -2.41. The van der Waals surface area contributed by atoms with Crippen LogP contribution in [0.4, 0.5) is 0 Å². The zero-order valence-electron chi connectivity index (χ0n) is 10.2. The normalized spacial score (nSPS) is 20.3. The van der Waals surface area contributed by atoms with Crippen molar-refractivity contribution in [3.63, 3.8) is 0 Å². The summed E-state index contributed by atoms with van der Waals surface area (Å²) >= 11 is 0. The Balaban J connectivity index is 2.56. The number of carbonyl (C=O) groups is 1. The molecule has 0 aromatic rings. The number of piperazine rings is 1. The molecule has 1 aliphatic rings. The van der Waals surface area contributed by atoms with Crippen molar-refractivity contribution in [1.29, 1.82) is 0 Å². The van der Waals surface area contributed by atoms with E-state index in [0.717, 1.165) is 26.2 Å². The standard InChI is InChI=1S/C11H22N2O2/c1-5-15-10(14)11(2,3)13-8-6-12(4)7-9-13/h5-9H2,1-4H3. The minimum Gasteiger partial charge on any atom is -0.465 e. The van der Waals surface area contributed by atoms with Crippen LogP contribution >= 0.6 is 0 Å². The number of esters is 1. The fourth-order valence-corrected chi connectivity index (χ4v) is 1.80. The first-order chi connectivity index (χ1) is 6.98. The molecule has 0 aromatic heterocycles. The van der Waals surface area contributed by atoms with Crippen molar-refractivity contribution in [1.82, 2.24) is 9.80 Å². The smallest absolute Gasteiger partial charge is 0.325 e. The second-order valence-corrected chi connectivity index (χ2v) is 4.57. The van der Waals surface area contributed by atoms with Gasteiger partial charge in [0.15, 0.2) is 0 Å². The largest absolute Gasteiger partial charge is 0.465 e. The number of hydrogen-bond donors (Lipinski definition) is 0. The monoisotopic (exact) mass is 214 g/mol. The zero-order valence-corrected chi connectivity index (χ0v) is 10.2. The van der Waals surface area contributed by atoms with Gasteiger partial charge in [0.25, 0.3) is 0 Å². The molecule has 1 heterocycles. The molecule has 1 rings (SSSR count). The number of hydrogen-bond acceptors (Lipinski definition) is 4. The molecule has 1 fully saturated rings. The Hall–Kier alpha value is -0.610. The lowest BCUT2D eigenvalue weighted by molar-refractivity contribution is -0.156. The lowest BCUT2D eigenvalue weighted by atomic mass is 10.0. The van der Waals surface area contributed by atoms with Gasteiger partial charge in [0, 0.05) is 26.2 Å². The van der Waals surface area contributed by atoms with E-state index in [2.05, 4.69) is 16.8 Å². The molecule has 4 nitrogen and oxygen atoms in total.